The van der Waals surface area contributed by atoms with Gasteiger partial charge in [-0.15, -0.1) is 11.3 Å². The van der Waals surface area contributed by atoms with E-state index < -0.39 is 6.04 Å². The lowest BCUT2D eigenvalue weighted by Gasteiger charge is -2.26. The number of amides is 3. The molecule has 1 aliphatic heterocycles. The summed E-state index contributed by atoms with van der Waals surface area (Å²) in [5.41, 5.74) is 1.33. The molecule has 2 unspecified atom stereocenters. The molecular formula is C24H27N3O3S. The number of nitrogens with one attached hydrogen (secondary N) is 2. The summed E-state index contributed by atoms with van der Waals surface area (Å²) in [6.07, 6.45) is 6.48. The maximum atomic E-state index is 13.1. The third-order valence-corrected chi connectivity index (χ3v) is 7.60. The second-order valence-corrected chi connectivity index (χ2v) is 9.74. The number of carbonyl (C=O) groups is 3. The highest BCUT2D eigenvalue weighted by molar-refractivity contribution is 7.10. The average Bonchev–Trinajstić information content (AvgIpc) is 3.19. The van der Waals surface area contributed by atoms with Gasteiger partial charge in [0.2, 0.25) is 11.8 Å². The summed E-state index contributed by atoms with van der Waals surface area (Å²) in [5, 5.41) is 7.99. The Morgan fingerprint density at radius 2 is 1.84 bits per heavy atom. The van der Waals surface area contributed by atoms with E-state index in [4.69, 9.17) is 0 Å². The van der Waals surface area contributed by atoms with Gasteiger partial charge in [-0.1, -0.05) is 37.1 Å². The summed E-state index contributed by atoms with van der Waals surface area (Å²) in [6.45, 7) is -0.0845. The molecule has 2 atom stereocenters. The van der Waals surface area contributed by atoms with Crippen molar-refractivity contribution in [3.63, 3.8) is 0 Å². The monoisotopic (exact) mass is 437 g/mol. The van der Waals surface area contributed by atoms with Gasteiger partial charge in [0.05, 0.1) is 12.6 Å². The van der Waals surface area contributed by atoms with Gasteiger partial charge in [-0.3, -0.25) is 14.4 Å². The smallest absolute Gasteiger partial charge is 0.255 e. The number of hydrogen-bond donors (Lipinski definition) is 2. The first-order valence-corrected chi connectivity index (χ1v) is 12.0. The van der Waals surface area contributed by atoms with Crippen LogP contribution in [0.1, 0.15) is 71.4 Å². The molecule has 2 aliphatic carbocycles. The highest BCUT2D eigenvalue weighted by atomic mass is 32.1. The van der Waals surface area contributed by atoms with Crippen LogP contribution in [0.4, 0.5) is 0 Å². The number of carbonyl (C=O) groups excluding carboxylic acids is 3. The van der Waals surface area contributed by atoms with Crippen LogP contribution in [0.15, 0.2) is 41.8 Å². The molecule has 31 heavy (non-hydrogen) atoms. The van der Waals surface area contributed by atoms with E-state index in [1.807, 2.05) is 29.6 Å². The van der Waals surface area contributed by atoms with Crippen LogP contribution in [0.3, 0.4) is 0 Å². The first-order valence-electron chi connectivity index (χ1n) is 11.2. The van der Waals surface area contributed by atoms with Crippen molar-refractivity contribution in [2.45, 2.75) is 56.7 Å². The van der Waals surface area contributed by atoms with Crippen LogP contribution in [-0.2, 0) is 9.59 Å². The summed E-state index contributed by atoms with van der Waals surface area (Å²) in [5.74, 6) is -0.104. The lowest BCUT2D eigenvalue weighted by Crippen LogP contribution is -2.45. The molecule has 0 spiro atoms. The zero-order chi connectivity index (χ0) is 21.4. The molecule has 6 nitrogen and oxygen atoms in total. The Morgan fingerprint density at radius 3 is 2.55 bits per heavy atom. The van der Waals surface area contributed by atoms with Crippen LogP contribution in [0, 0.1) is 5.92 Å². The molecule has 2 fully saturated rings. The SMILES string of the molecule is O=C(CNC(=O)C1c2ccccc2C(=O)N1C1CC1)NC(c1cccs1)C1CCCC1. The van der Waals surface area contributed by atoms with Crippen LogP contribution < -0.4 is 10.6 Å². The van der Waals surface area contributed by atoms with Crippen molar-refractivity contribution in [3.05, 3.63) is 57.8 Å². The Morgan fingerprint density at radius 1 is 1.06 bits per heavy atom. The van der Waals surface area contributed by atoms with E-state index in [2.05, 4.69) is 16.7 Å². The summed E-state index contributed by atoms with van der Waals surface area (Å²) >= 11 is 1.66. The third kappa shape index (κ3) is 3.99. The zero-order valence-electron chi connectivity index (χ0n) is 17.4. The fourth-order valence-corrected chi connectivity index (χ4v) is 5.87. The van der Waals surface area contributed by atoms with Gasteiger partial charge in [0.1, 0.15) is 6.04 Å². The molecular weight excluding hydrogens is 410 g/mol. The van der Waals surface area contributed by atoms with E-state index in [1.165, 1.54) is 17.7 Å². The topological polar surface area (TPSA) is 78.5 Å². The fourth-order valence-electron chi connectivity index (χ4n) is 5.00. The number of hydrogen-bond acceptors (Lipinski definition) is 4. The predicted octanol–water partition coefficient (Wildman–Crippen LogP) is 3.57. The van der Waals surface area contributed by atoms with Crippen LogP contribution in [0.2, 0.25) is 0 Å². The second kappa shape index (κ2) is 8.46. The molecule has 1 aromatic carbocycles. The van der Waals surface area contributed by atoms with Crippen molar-refractivity contribution < 1.29 is 14.4 Å². The highest BCUT2D eigenvalue weighted by Gasteiger charge is 2.47. The molecule has 2 aromatic rings. The molecule has 162 valence electrons. The molecule has 0 radical (unpaired) electrons. The summed E-state index contributed by atoms with van der Waals surface area (Å²) in [4.78, 5) is 41.5. The Hall–Kier alpha value is -2.67. The first kappa shape index (κ1) is 20.2. The third-order valence-electron chi connectivity index (χ3n) is 6.65. The Balaban J connectivity index is 1.25. The predicted molar refractivity (Wildman–Crippen MR) is 119 cm³/mol. The van der Waals surface area contributed by atoms with Crippen LogP contribution in [0.5, 0.6) is 0 Å². The fraction of sp³-hybridized carbons (Fsp3) is 0.458. The minimum atomic E-state index is -0.646. The molecule has 1 aromatic heterocycles. The molecule has 0 bridgehead atoms. The van der Waals surface area contributed by atoms with Crippen LogP contribution >= 0.6 is 11.3 Å². The summed E-state index contributed by atoms with van der Waals surface area (Å²) in [6, 6.07) is 10.8. The highest BCUT2D eigenvalue weighted by Crippen LogP contribution is 2.42. The van der Waals surface area contributed by atoms with E-state index in [9.17, 15) is 14.4 Å². The summed E-state index contributed by atoms with van der Waals surface area (Å²) < 4.78 is 0. The number of nitrogens with zero attached hydrogens (tertiary/aromatic N) is 1. The number of benzene rings is 1. The van der Waals surface area contributed by atoms with Gasteiger partial charge in [-0.2, -0.15) is 0 Å². The molecule has 2 N–H and O–H groups in total. The molecule has 0 saturated heterocycles. The van der Waals surface area contributed by atoms with E-state index >= 15 is 0 Å². The molecule has 5 rings (SSSR count). The van der Waals surface area contributed by atoms with Gasteiger partial charge >= 0.3 is 0 Å². The Bertz CT molecular complexity index is 980. The molecule has 3 aliphatic rings. The van der Waals surface area contributed by atoms with Crippen molar-refractivity contribution in [3.8, 4) is 0 Å². The number of fused-ring (bicyclic) bond motifs is 1. The van der Waals surface area contributed by atoms with Crippen molar-refractivity contribution in [1.82, 2.24) is 15.5 Å². The quantitative estimate of drug-likeness (QED) is 0.695. The molecule has 2 heterocycles. The van der Waals surface area contributed by atoms with Gasteiger partial charge in [-0.05, 0) is 54.7 Å². The standard InChI is InChI=1S/C24H27N3O3S/c28-20(26-21(15-6-1-2-7-15)19-10-5-13-31-19)14-25-23(29)22-17-8-3-4-9-18(17)24(30)27(22)16-11-12-16/h3-5,8-10,13,15-16,21-22H,1-2,6-7,11-12,14H2,(H,25,29)(H,26,28). The van der Waals surface area contributed by atoms with Crippen molar-refractivity contribution >= 4 is 29.1 Å². The lowest BCUT2D eigenvalue weighted by molar-refractivity contribution is -0.129. The maximum Gasteiger partial charge on any atom is 0.255 e. The first-order chi connectivity index (χ1) is 15.1. The summed E-state index contributed by atoms with van der Waals surface area (Å²) in [7, 11) is 0. The Kier molecular flexibility index (Phi) is 5.52. The van der Waals surface area contributed by atoms with E-state index in [-0.39, 0.29) is 36.3 Å². The molecule has 7 heteroatoms. The largest absolute Gasteiger partial charge is 0.347 e. The van der Waals surface area contributed by atoms with Gasteiger partial charge in [0.25, 0.3) is 5.91 Å². The van der Waals surface area contributed by atoms with Gasteiger partial charge in [-0.25, -0.2) is 0 Å². The number of rotatable bonds is 7. The van der Waals surface area contributed by atoms with Gasteiger partial charge in [0.15, 0.2) is 0 Å². The lowest BCUT2D eigenvalue weighted by atomic mass is 9.96. The van der Waals surface area contributed by atoms with Crippen molar-refractivity contribution in [1.29, 1.82) is 0 Å². The Labute approximate surface area is 186 Å². The minimum Gasteiger partial charge on any atom is -0.347 e. The maximum absolute atomic E-state index is 13.1. The number of thiophene rings is 1. The van der Waals surface area contributed by atoms with E-state index in [0.717, 1.165) is 31.2 Å². The van der Waals surface area contributed by atoms with Crippen molar-refractivity contribution in [2.24, 2.45) is 5.92 Å². The van der Waals surface area contributed by atoms with Crippen LogP contribution in [-0.4, -0.2) is 35.2 Å². The van der Waals surface area contributed by atoms with Gasteiger partial charge < -0.3 is 15.5 Å². The normalized spacial score (nSPS) is 21.7. The van der Waals surface area contributed by atoms with Crippen LogP contribution in [0.25, 0.3) is 0 Å². The molecule has 2 saturated carbocycles. The van der Waals surface area contributed by atoms with E-state index in [1.54, 1.807) is 22.3 Å². The van der Waals surface area contributed by atoms with Gasteiger partial charge in [0, 0.05) is 16.5 Å². The molecule has 3 amide bonds. The van der Waals surface area contributed by atoms with Crippen molar-refractivity contribution in [2.75, 3.05) is 6.54 Å². The zero-order valence-corrected chi connectivity index (χ0v) is 18.2. The van der Waals surface area contributed by atoms with E-state index in [0.29, 0.717) is 11.5 Å². The second-order valence-electron chi connectivity index (χ2n) is 8.76. The minimum absolute atomic E-state index is 0.00338. The average molecular weight is 438 g/mol.